The quantitative estimate of drug-likeness (QED) is 0.861. The van der Waals surface area contributed by atoms with Gasteiger partial charge in [-0.3, -0.25) is 4.79 Å². The highest BCUT2D eigenvalue weighted by Gasteiger charge is 2.32. The number of benzene rings is 1. The Kier molecular flexibility index (Phi) is 4.15. The summed E-state index contributed by atoms with van der Waals surface area (Å²) in [5, 5.41) is 0.191. The van der Waals surface area contributed by atoms with Gasteiger partial charge in [-0.05, 0) is 24.6 Å². The normalized spacial score (nSPS) is 11.1. The molecule has 0 unspecified atom stereocenters. The molecule has 0 aliphatic heterocycles. The number of hydrogen-bond acceptors (Lipinski definition) is 3. The molecule has 0 atom stereocenters. The third kappa shape index (κ3) is 3.07. The number of aromatic amines is 1. The van der Waals surface area contributed by atoms with E-state index in [9.17, 15) is 13.6 Å². The number of aromatic nitrogens is 2. The largest absolute Gasteiger partial charge is 0.450 e. The fourth-order valence-electron chi connectivity index (χ4n) is 1.77. The molecular weight excluding hydrogens is 316 g/mol. The van der Waals surface area contributed by atoms with Crippen molar-refractivity contribution in [1.82, 2.24) is 9.97 Å². The van der Waals surface area contributed by atoms with Crippen molar-refractivity contribution in [2.24, 2.45) is 0 Å². The molecule has 0 saturated carbocycles. The standard InChI is InChI=1S/C14H10ClF2N3O2/c1-7-9(18-3)4-8(15)5-10(7)22-11-12(14(2,16)17)19-6-20-13(11)21/h4-6H,1-2H3,(H,19,20,21). The van der Waals surface area contributed by atoms with E-state index in [0.717, 1.165) is 6.33 Å². The van der Waals surface area contributed by atoms with Gasteiger partial charge in [0.1, 0.15) is 5.75 Å². The van der Waals surface area contributed by atoms with E-state index >= 15 is 0 Å². The number of H-pyrrole nitrogens is 1. The molecule has 22 heavy (non-hydrogen) atoms. The Balaban J connectivity index is 2.61. The lowest BCUT2D eigenvalue weighted by Gasteiger charge is -2.15. The second-order valence-corrected chi connectivity index (χ2v) is 5.00. The maximum absolute atomic E-state index is 13.6. The molecule has 1 N–H and O–H groups in total. The average molecular weight is 326 g/mol. The van der Waals surface area contributed by atoms with E-state index in [0.29, 0.717) is 12.5 Å². The summed E-state index contributed by atoms with van der Waals surface area (Å²) < 4.78 is 32.4. The van der Waals surface area contributed by atoms with Crippen LogP contribution in [0, 0.1) is 13.5 Å². The Hall–Kier alpha value is -2.46. The highest BCUT2D eigenvalue weighted by atomic mass is 35.5. The first-order chi connectivity index (χ1) is 10.2. The summed E-state index contributed by atoms with van der Waals surface area (Å²) in [4.78, 5) is 20.7. The van der Waals surface area contributed by atoms with E-state index in [2.05, 4.69) is 14.8 Å². The molecule has 0 bridgehead atoms. The summed E-state index contributed by atoms with van der Waals surface area (Å²) in [6, 6.07) is 2.76. The summed E-state index contributed by atoms with van der Waals surface area (Å²) >= 11 is 5.86. The van der Waals surface area contributed by atoms with Gasteiger partial charge in [-0.25, -0.2) is 9.83 Å². The first-order valence-electron chi connectivity index (χ1n) is 6.05. The third-order valence-electron chi connectivity index (χ3n) is 2.86. The van der Waals surface area contributed by atoms with E-state index in [1.165, 1.54) is 12.1 Å². The van der Waals surface area contributed by atoms with Crippen molar-refractivity contribution in [3.8, 4) is 11.5 Å². The van der Waals surface area contributed by atoms with Crippen LogP contribution in [-0.2, 0) is 5.92 Å². The number of halogens is 3. The van der Waals surface area contributed by atoms with E-state index < -0.39 is 22.9 Å². The van der Waals surface area contributed by atoms with Crippen LogP contribution in [0.25, 0.3) is 4.85 Å². The SMILES string of the molecule is [C-]#[N+]c1cc(Cl)cc(Oc2c(C(C)(F)F)nc[nH]c2=O)c1C. The molecule has 8 heteroatoms. The Labute approximate surface area is 129 Å². The number of alkyl halides is 2. The molecule has 2 aromatic rings. The highest BCUT2D eigenvalue weighted by molar-refractivity contribution is 6.31. The topological polar surface area (TPSA) is 59.3 Å². The summed E-state index contributed by atoms with van der Waals surface area (Å²) in [7, 11) is 0. The zero-order chi connectivity index (χ0) is 16.5. The van der Waals surface area contributed by atoms with Crippen molar-refractivity contribution in [3.05, 3.63) is 56.5 Å². The molecular formula is C14H10ClF2N3O2. The Bertz CT molecular complexity index is 822. The molecule has 0 aliphatic rings. The van der Waals surface area contributed by atoms with Gasteiger partial charge in [0.2, 0.25) is 5.75 Å². The first-order valence-corrected chi connectivity index (χ1v) is 6.43. The van der Waals surface area contributed by atoms with Gasteiger partial charge in [0, 0.05) is 11.9 Å². The van der Waals surface area contributed by atoms with E-state index in [-0.39, 0.29) is 16.5 Å². The molecule has 0 amide bonds. The lowest BCUT2D eigenvalue weighted by atomic mass is 10.2. The molecule has 1 heterocycles. The minimum Gasteiger partial charge on any atom is -0.450 e. The van der Waals surface area contributed by atoms with Crippen molar-refractivity contribution in [1.29, 1.82) is 0 Å². The predicted octanol–water partition coefficient (Wildman–Crippen LogP) is 4.19. The molecule has 1 aromatic carbocycles. The molecule has 0 fully saturated rings. The van der Waals surface area contributed by atoms with Crippen molar-refractivity contribution >= 4 is 17.3 Å². The molecule has 5 nitrogen and oxygen atoms in total. The van der Waals surface area contributed by atoms with Crippen LogP contribution in [0.1, 0.15) is 18.2 Å². The van der Waals surface area contributed by atoms with Crippen LogP contribution in [-0.4, -0.2) is 9.97 Å². The van der Waals surface area contributed by atoms with Gasteiger partial charge in [-0.2, -0.15) is 8.78 Å². The second-order valence-electron chi connectivity index (χ2n) is 4.56. The maximum Gasteiger partial charge on any atom is 0.294 e. The molecule has 2 rings (SSSR count). The summed E-state index contributed by atoms with van der Waals surface area (Å²) in [6.07, 6.45) is 0.872. The summed E-state index contributed by atoms with van der Waals surface area (Å²) in [5.41, 5.74) is -1.06. The lowest BCUT2D eigenvalue weighted by molar-refractivity contribution is 0.0103. The Morgan fingerprint density at radius 3 is 2.73 bits per heavy atom. The van der Waals surface area contributed by atoms with Crippen molar-refractivity contribution in [2.75, 3.05) is 0 Å². The average Bonchev–Trinajstić information content (AvgIpc) is 2.43. The fraction of sp³-hybridized carbons (Fsp3) is 0.214. The van der Waals surface area contributed by atoms with Crippen molar-refractivity contribution < 1.29 is 13.5 Å². The van der Waals surface area contributed by atoms with Gasteiger partial charge in [0.15, 0.2) is 11.4 Å². The van der Waals surface area contributed by atoms with Gasteiger partial charge in [-0.15, -0.1) is 0 Å². The summed E-state index contributed by atoms with van der Waals surface area (Å²) in [6.45, 7) is 9.22. The van der Waals surface area contributed by atoms with E-state index in [1.54, 1.807) is 6.92 Å². The Morgan fingerprint density at radius 2 is 2.14 bits per heavy atom. The van der Waals surface area contributed by atoms with Gasteiger partial charge in [0.25, 0.3) is 11.5 Å². The smallest absolute Gasteiger partial charge is 0.294 e. The van der Waals surface area contributed by atoms with Crippen LogP contribution in [0.15, 0.2) is 23.3 Å². The molecule has 0 aliphatic carbocycles. The van der Waals surface area contributed by atoms with Crippen LogP contribution < -0.4 is 10.3 Å². The summed E-state index contributed by atoms with van der Waals surface area (Å²) in [5.74, 6) is -3.95. The molecule has 0 spiro atoms. The van der Waals surface area contributed by atoms with Crippen molar-refractivity contribution in [3.63, 3.8) is 0 Å². The minimum absolute atomic E-state index is 0.0440. The Morgan fingerprint density at radius 1 is 1.45 bits per heavy atom. The van der Waals surface area contributed by atoms with Gasteiger partial charge >= 0.3 is 0 Å². The fourth-order valence-corrected chi connectivity index (χ4v) is 1.97. The zero-order valence-electron chi connectivity index (χ0n) is 11.6. The lowest BCUT2D eigenvalue weighted by Crippen LogP contribution is -2.19. The van der Waals surface area contributed by atoms with E-state index in [1.807, 2.05) is 0 Å². The monoisotopic (exact) mass is 325 g/mol. The molecule has 1 aromatic heterocycles. The number of nitrogens with one attached hydrogen (secondary N) is 1. The number of nitrogens with zero attached hydrogens (tertiary/aromatic N) is 2. The third-order valence-corrected chi connectivity index (χ3v) is 3.07. The number of ether oxygens (including phenoxy) is 1. The highest BCUT2D eigenvalue weighted by Crippen LogP contribution is 2.37. The maximum atomic E-state index is 13.6. The van der Waals surface area contributed by atoms with Crippen LogP contribution in [0.5, 0.6) is 11.5 Å². The number of hydrogen-bond donors (Lipinski definition) is 1. The van der Waals surface area contributed by atoms with Crippen LogP contribution >= 0.6 is 11.6 Å². The van der Waals surface area contributed by atoms with Gasteiger partial charge < -0.3 is 9.72 Å². The molecule has 0 radical (unpaired) electrons. The zero-order valence-corrected chi connectivity index (χ0v) is 12.3. The van der Waals surface area contributed by atoms with Gasteiger partial charge in [0.05, 0.1) is 12.9 Å². The molecule has 0 saturated heterocycles. The van der Waals surface area contributed by atoms with Gasteiger partial charge in [-0.1, -0.05) is 11.6 Å². The predicted molar refractivity (Wildman–Crippen MR) is 77.0 cm³/mol. The minimum atomic E-state index is -3.36. The van der Waals surface area contributed by atoms with Crippen molar-refractivity contribution in [2.45, 2.75) is 19.8 Å². The first kappa shape index (κ1) is 15.9. The van der Waals surface area contributed by atoms with E-state index in [4.69, 9.17) is 22.9 Å². The van der Waals surface area contributed by atoms with Crippen LogP contribution in [0.2, 0.25) is 5.02 Å². The molecule has 114 valence electrons. The van der Waals surface area contributed by atoms with Crippen LogP contribution in [0.4, 0.5) is 14.5 Å². The second kappa shape index (κ2) is 5.73. The van der Waals surface area contributed by atoms with Crippen LogP contribution in [0.3, 0.4) is 0 Å². The number of rotatable bonds is 3.